The third-order valence-electron chi connectivity index (χ3n) is 3.00. The largest absolute Gasteiger partial charge is 0.485 e. The zero-order valence-electron chi connectivity index (χ0n) is 10.1. The van der Waals surface area contributed by atoms with Crippen LogP contribution in [0.5, 0.6) is 5.75 Å². The molecule has 0 bridgehead atoms. The molecule has 98 valence electrons. The van der Waals surface area contributed by atoms with Crippen molar-refractivity contribution in [2.45, 2.75) is 12.5 Å². The second-order valence-corrected chi connectivity index (χ2v) is 4.30. The second-order valence-electron chi connectivity index (χ2n) is 4.30. The smallest absolute Gasteiger partial charge is 0.360 e. The molecule has 19 heavy (non-hydrogen) atoms. The molecule has 0 radical (unpaired) electrons. The standard InChI is InChI=1S/C13H12N2O4/c16-13(17)11-12(19-8-5-6-18-7-8)9-3-1-2-4-10(9)14-15-11/h1-4,8H,5-7H2,(H,16,17). The van der Waals surface area contributed by atoms with Crippen LogP contribution in [0.3, 0.4) is 0 Å². The van der Waals surface area contributed by atoms with Gasteiger partial charge in [0.05, 0.1) is 18.7 Å². The number of benzene rings is 1. The Bertz CT molecular complexity index is 623. The maximum Gasteiger partial charge on any atom is 0.360 e. The molecule has 0 saturated carbocycles. The molecule has 1 aromatic carbocycles. The predicted molar refractivity (Wildman–Crippen MR) is 66.3 cm³/mol. The van der Waals surface area contributed by atoms with Gasteiger partial charge >= 0.3 is 5.97 Å². The Labute approximate surface area is 109 Å². The van der Waals surface area contributed by atoms with Gasteiger partial charge in [0.15, 0.2) is 5.75 Å². The molecule has 0 spiro atoms. The van der Waals surface area contributed by atoms with Crippen molar-refractivity contribution in [3.8, 4) is 5.75 Å². The lowest BCUT2D eigenvalue weighted by Crippen LogP contribution is -2.19. The van der Waals surface area contributed by atoms with E-state index in [0.29, 0.717) is 24.1 Å². The molecule has 0 amide bonds. The molecule has 1 N–H and O–H groups in total. The van der Waals surface area contributed by atoms with Crippen LogP contribution in [-0.2, 0) is 4.74 Å². The van der Waals surface area contributed by atoms with Gasteiger partial charge in [0.2, 0.25) is 5.69 Å². The molecule has 1 unspecified atom stereocenters. The minimum absolute atomic E-state index is 0.134. The number of carboxylic acid groups (broad SMARTS) is 1. The number of hydrogen-bond donors (Lipinski definition) is 1. The first-order chi connectivity index (χ1) is 9.25. The van der Waals surface area contributed by atoms with E-state index in [1.165, 1.54) is 0 Å². The lowest BCUT2D eigenvalue weighted by atomic mass is 10.2. The fourth-order valence-corrected chi connectivity index (χ4v) is 2.06. The number of ether oxygens (including phenoxy) is 2. The van der Waals surface area contributed by atoms with Gasteiger partial charge in [-0.05, 0) is 12.1 Å². The van der Waals surface area contributed by atoms with Crippen LogP contribution in [0.25, 0.3) is 10.9 Å². The van der Waals surface area contributed by atoms with Crippen LogP contribution < -0.4 is 4.74 Å². The van der Waals surface area contributed by atoms with Gasteiger partial charge in [-0.15, -0.1) is 10.2 Å². The second kappa shape index (κ2) is 4.81. The Morgan fingerprint density at radius 1 is 1.37 bits per heavy atom. The molecule has 2 heterocycles. The molecule has 1 aliphatic heterocycles. The Morgan fingerprint density at radius 2 is 2.21 bits per heavy atom. The topological polar surface area (TPSA) is 81.5 Å². The summed E-state index contributed by atoms with van der Waals surface area (Å²) in [6, 6.07) is 7.18. The van der Waals surface area contributed by atoms with E-state index in [9.17, 15) is 9.90 Å². The molecular weight excluding hydrogens is 248 g/mol. The van der Waals surface area contributed by atoms with Gasteiger partial charge in [-0.3, -0.25) is 0 Å². The molecule has 3 rings (SSSR count). The lowest BCUT2D eigenvalue weighted by Gasteiger charge is -2.14. The van der Waals surface area contributed by atoms with Gasteiger partial charge in [-0.2, -0.15) is 0 Å². The highest BCUT2D eigenvalue weighted by molar-refractivity contribution is 5.96. The van der Waals surface area contributed by atoms with Gasteiger partial charge in [-0.1, -0.05) is 12.1 Å². The molecule has 1 fully saturated rings. The van der Waals surface area contributed by atoms with Crippen molar-refractivity contribution in [1.82, 2.24) is 10.2 Å². The van der Waals surface area contributed by atoms with E-state index < -0.39 is 5.97 Å². The number of aromatic carboxylic acids is 1. The highest BCUT2D eigenvalue weighted by Gasteiger charge is 2.24. The number of aromatic nitrogens is 2. The summed E-state index contributed by atoms with van der Waals surface area (Å²) >= 11 is 0. The highest BCUT2D eigenvalue weighted by atomic mass is 16.5. The molecule has 2 aromatic rings. The number of fused-ring (bicyclic) bond motifs is 1. The molecule has 6 nitrogen and oxygen atoms in total. The SMILES string of the molecule is O=C(O)c1nnc2ccccc2c1OC1CCOC1. The van der Waals surface area contributed by atoms with Crippen LogP contribution in [0, 0.1) is 0 Å². The van der Waals surface area contributed by atoms with E-state index in [0.717, 1.165) is 6.42 Å². The predicted octanol–water partition coefficient (Wildman–Crippen LogP) is 1.50. The van der Waals surface area contributed by atoms with Gasteiger partial charge in [0, 0.05) is 11.8 Å². The first-order valence-corrected chi connectivity index (χ1v) is 5.99. The van der Waals surface area contributed by atoms with Gasteiger partial charge in [-0.25, -0.2) is 4.79 Å². The normalized spacial score (nSPS) is 18.6. The first-order valence-electron chi connectivity index (χ1n) is 5.99. The van der Waals surface area contributed by atoms with Crippen molar-refractivity contribution < 1.29 is 19.4 Å². The summed E-state index contributed by atoms with van der Waals surface area (Å²) in [5.74, 6) is -0.874. The van der Waals surface area contributed by atoms with Crippen molar-refractivity contribution in [2.75, 3.05) is 13.2 Å². The van der Waals surface area contributed by atoms with Crippen LogP contribution in [0.2, 0.25) is 0 Å². The van der Waals surface area contributed by atoms with Crippen LogP contribution in [0.1, 0.15) is 16.9 Å². The van der Waals surface area contributed by atoms with E-state index in [-0.39, 0.29) is 17.5 Å². The minimum atomic E-state index is -1.15. The van der Waals surface area contributed by atoms with Gasteiger partial charge in [0.1, 0.15) is 6.10 Å². The van der Waals surface area contributed by atoms with Crippen molar-refractivity contribution in [3.05, 3.63) is 30.0 Å². The fraction of sp³-hybridized carbons (Fsp3) is 0.308. The number of hydrogen-bond acceptors (Lipinski definition) is 5. The van der Waals surface area contributed by atoms with E-state index >= 15 is 0 Å². The number of nitrogens with zero attached hydrogens (tertiary/aromatic N) is 2. The molecule has 1 aliphatic rings. The van der Waals surface area contributed by atoms with E-state index in [1.54, 1.807) is 12.1 Å². The Hall–Kier alpha value is -2.21. The molecule has 1 atom stereocenters. The summed E-state index contributed by atoms with van der Waals surface area (Å²) in [7, 11) is 0. The summed E-state index contributed by atoms with van der Waals surface area (Å²) in [5.41, 5.74) is 0.451. The fourth-order valence-electron chi connectivity index (χ4n) is 2.06. The average molecular weight is 260 g/mol. The summed E-state index contributed by atoms with van der Waals surface area (Å²) in [6.45, 7) is 1.10. The van der Waals surface area contributed by atoms with Crippen LogP contribution in [-0.4, -0.2) is 40.6 Å². The highest BCUT2D eigenvalue weighted by Crippen LogP contribution is 2.29. The lowest BCUT2D eigenvalue weighted by molar-refractivity contribution is 0.0679. The number of rotatable bonds is 3. The zero-order chi connectivity index (χ0) is 13.2. The number of carboxylic acids is 1. The van der Waals surface area contributed by atoms with E-state index in [4.69, 9.17) is 9.47 Å². The summed E-state index contributed by atoms with van der Waals surface area (Å²) < 4.78 is 11.0. The third kappa shape index (κ3) is 2.22. The summed E-state index contributed by atoms with van der Waals surface area (Å²) in [6.07, 6.45) is 0.612. The Kier molecular flexibility index (Phi) is 3.00. The zero-order valence-corrected chi connectivity index (χ0v) is 10.1. The van der Waals surface area contributed by atoms with Crippen molar-refractivity contribution in [2.24, 2.45) is 0 Å². The molecular formula is C13H12N2O4. The Morgan fingerprint density at radius 3 is 2.95 bits per heavy atom. The minimum Gasteiger partial charge on any atom is -0.485 e. The third-order valence-corrected chi connectivity index (χ3v) is 3.00. The van der Waals surface area contributed by atoms with Crippen LogP contribution in [0.4, 0.5) is 0 Å². The van der Waals surface area contributed by atoms with Crippen LogP contribution >= 0.6 is 0 Å². The van der Waals surface area contributed by atoms with Gasteiger partial charge < -0.3 is 14.6 Å². The summed E-state index contributed by atoms with van der Waals surface area (Å²) in [5, 5.41) is 17.5. The molecule has 1 aromatic heterocycles. The van der Waals surface area contributed by atoms with E-state index in [1.807, 2.05) is 12.1 Å². The quantitative estimate of drug-likeness (QED) is 0.900. The number of carbonyl (C=O) groups is 1. The van der Waals surface area contributed by atoms with E-state index in [2.05, 4.69) is 10.2 Å². The molecule has 1 saturated heterocycles. The summed E-state index contributed by atoms with van der Waals surface area (Å²) in [4.78, 5) is 11.2. The van der Waals surface area contributed by atoms with Crippen molar-refractivity contribution >= 4 is 16.9 Å². The molecule has 6 heteroatoms. The maximum absolute atomic E-state index is 11.2. The van der Waals surface area contributed by atoms with Crippen molar-refractivity contribution in [3.63, 3.8) is 0 Å². The Balaban J connectivity index is 2.10. The first kappa shape index (κ1) is 11.9. The monoisotopic (exact) mass is 260 g/mol. The maximum atomic E-state index is 11.2. The van der Waals surface area contributed by atoms with Crippen molar-refractivity contribution in [1.29, 1.82) is 0 Å². The average Bonchev–Trinajstić information content (AvgIpc) is 2.92. The van der Waals surface area contributed by atoms with Crippen LogP contribution in [0.15, 0.2) is 24.3 Å². The molecule has 0 aliphatic carbocycles. The van der Waals surface area contributed by atoms with Gasteiger partial charge in [0.25, 0.3) is 0 Å².